The summed E-state index contributed by atoms with van der Waals surface area (Å²) in [6.07, 6.45) is 0. The molecule has 3 aromatic carbocycles. The first-order chi connectivity index (χ1) is 18.1. The fraction of sp³-hybridized carbons (Fsp3) is 0.286. The number of benzene rings is 3. The molecule has 10 heteroatoms. The topological polar surface area (TPSA) is 96.0 Å². The number of sulfonamides is 1. The van der Waals surface area contributed by atoms with Gasteiger partial charge >= 0.3 is 0 Å². The van der Waals surface area contributed by atoms with E-state index in [0.29, 0.717) is 22.9 Å². The van der Waals surface area contributed by atoms with Crippen LogP contribution in [-0.2, 0) is 26.2 Å². The van der Waals surface area contributed by atoms with Crippen molar-refractivity contribution < 1.29 is 22.7 Å². The first kappa shape index (κ1) is 29.0. The maximum absolute atomic E-state index is 13.9. The molecule has 0 fully saturated rings. The first-order valence-electron chi connectivity index (χ1n) is 12.1. The van der Waals surface area contributed by atoms with Crippen molar-refractivity contribution in [3.8, 4) is 5.75 Å². The molecule has 0 saturated carbocycles. The van der Waals surface area contributed by atoms with Gasteiger partial charge < -0.3 is 15.0 Å². The lowest BCUT2D eigenvalue weighted by molar-refractivity contribution is -0.139. The van der Waals surface area contributed by atoms with Crippen molar-refractivity contribution in [1.29, 1.82) is 0 Å². The zero-order chi connectivity index (χ0) is 27.9. The monoisotopic (exact) mass is 557 g/mol. The van der Waals surface area contributed by atoms with Gasteiger partial charge in [0.2, 0.25) is 11.8 Å². The molecule has 2 amide bonds. The highest BCUT2D eigenvalue weighted by atomic mass is 35.5. The Morgan fingerprint density at radius 1 is 1.00 bits per heavy atom. The average molecular weight is 558 g/mol. The summed E-state index contributed by atoms with van der Waals surface area (Å²) in [7, 11) is -2.59. The Kier molecular flexibility index (Phi) is 9.77. The van der Waals surface area contributed by atoms with E-state index in [1.807, 2.05) is 0 Å². The van der Waals surface area contributed by atoms with Crippen LogP contribution in [0.15, 0.2) is 77.7 Å². The molecule has 0 saturated heterocycles. The Bertz CT molecular complexity index is 1360. The zero-order valence-corrected chi connectivity index (χ0v) is 23.4. The van der Waals surface area contributed by atoms with Gasteiger partial charge in [0.05, 0.1) is 17.7 Å². The molecule has 0 aliphatic heterocycles. The summed E-state index contributed by atoms with van der Waals surface area (Å²) in [5, 5.41) is 3.11. The Labute approximate surface area is 229 Å². The molecular formula is C28H32ClN3O5S. The molecule has 0 aliphatic rings. The van der Waals surface area contributed by atoms with Crippen LogP contribution in [-0.4, -0.2) is 51.4 Å². The zero-order valence-electron chi connectivity index (χ0n) is 21.8. The number of ether oxygens (including phenoxy) is 1. The Morgan fingerprint density at radius 3 is 2.26 bits per heavy atom. The Hall–Kier alpha value is -3.56. The van der Waals surface area contributed by atoms with Crippen LogP contribution in [0, 0.1) is 6.92 Å². The smallest absolute Gasteiger partial charge is 0.264 e. The van der Waals surface area contributed by atoms with Crippen LogP contribution < -0.4 is 14.4 Å². The highest BCUT2D eigenvalue weighted by Gasteiger charge is 2.33. The molecule has 1 N–H and O–H groups in total. The van der Waals surface area contributed by atoms with Crippen LogP contribution in [0.1, 0.15) is 25.0 Å². The maximum Gasteiger partial charge on any atom is 0.264 e. The molecule has 0 bridgehead atoms. The van der Waals surface area contributed by atoms with E-state index >= 15 is 0 Å². The van der Waals surface area contributed by atoms with Crippen LogP contribution in [0.4, 0.5) is 5.69 Å². The largest absolute Gasteiger partial charge is 0.497 e. The average Bonchev–Trinajstić information content (AvgIpc) is 2.92. The second-order valence-electron chi connectivity index (χ2n) is 8.65. The summed E-state index contributed by atoms with van der Waals surface area (Å²) in [6.45, 7) is 5.06. The third-order valence-corrected chi connectivity index (χ3v) is 8.33. The molecule has 3 rings (SSSR count). The minimum absolute atomic E-state index is 0.0330. The van der Waals surface area contributed by atoms with Crippen LogP contribution in [0.3, 0.4) is 0 Å². The summed E-state index contributed by atoms with van der Waals surface area (Å²) in [4.78, 5) is 28.0. The molecule has 0 aromatic heterocycles. The van der Waals surface area contributed by atoms with E-state index in [9.17, 15) is 18.0 Å². The maximum atomic E-state index is 13.9. The predicted octanol–water partition coefficient (Wildman–Crippen LogP) is 4.41. The summed E-state index contributed by atoms with van der Waals surface area (Å²) in [6, 6.07) is 19.0. The van der Waals surface area contributed by atoms with E-state index in [1.165, 1.54) is 17.0 Å². The van der Waals surface area contributed by atoms with Gasteiger partial charge in [-0.2, -0.15) is 0 Å². The number of amides is 2. The third kappa shape index (κ3) is 6.65. The van der Waals surface area contributed by atoms with Gasteiger partial charge in [0.15, 0.2) is 0 Å². The summed E-state index contributed by atoms with van der Waals surface area (Å²) in [5.74, 6) is -0.232. The standard InChI is InChI=1S/C28H32ClN3O5S/c1-5-30-28(34)21(3)31(18-22-14-16-23(37-4)17-15-22)27(33)19-32(26-13-9-12-25(29)20(26)2)38(35,36)24-10-7-6-8-11-24/h6-17,21H,5,18-19H2,1-4H3,(H,30,34)/t21-/m0/s1. The van der Waals surface area contributed by atoms with Crippen molar-refractivity contribution in [2.45, 2.75) is 38.3 Å². The van der Waals surface area contributed by atoms with E-state index in [-0.39, 0.29) is 23.0 Å². The number of likely N-dealkylation sites (N-methyl/N-ethyl adjacent to an activating group) is 1. The molecule has 38 heavy (non-hydrogen) atoms. The fourth-order valence-electron chi connectivity index (χ4n) is 3.93. The van der Waals surface area contributed by atoms with Gasteiger partial charge in [0, 0.05) is 18.1 Å². The van der Waals surface area contributed by atoms with Crippen molar-refractivity contribution in [3.05, 3.63) is 88.9 Å². The first-order valence-corrected chi connectivity index (χ1v) is 13.9. The van der Waals surface area contributed by atoms with Gasteiger partial charge in [0.1, 0.15) is 18.3 Å². The molecule has 0 heterocycles. The van der Waals surface area contributed by atoms with Gasteiger partial charge in [-0.05, 0) is 68.3 Å². The number of methoxy groups -OCH3 is 1. The van der Waals surface area contributed by atoms with E-state index < -0.39 is 28.5 Å². The second-order valence-corrected chi connectivity index (χ2v) is 10.9. The molecular weight excluding hydrogens is 526 g/mol. The number of rotatable bonds is 11. The van der Waals surface area contributed by atoms with Crippen molar-refractivity contribution >= 4 is 39.1 Å². The normalized spacial score (nSPS) is 11.9. The third-order valence-electron chi connectivity index (χ3n) is 6.15. The minimum Gasteiger partial charge on any atom is -0.497 e. The SMILES string of the molecule is CCNC(=O)[C@H](C)N(Cc1ccc(OC)cc1)C(=O)CN(c1cccc(Cl)c1C)S(=O)(=O)c1ccccc1. The van der Waals surface area contributed by atoms with E-state index in [2.05, 4.69) is 5.32 Å². The highest BCUT2D eigenvalue weighted by molar-refractivity contribution is 7.92. The van der Waals surface area contributed by atoms with Crippen LogP contribution in [0.5, 0.6) is 5.75 Å². The molecule has 0 unspecified atom stereocenters. The van der Waals surface area contributed by atoms with Gasteiger partial charge in [-0.1, -0.05) is 48.0 Å². The summed E-state index contributed by atoms with van der Waals surface area (Å²) >= 11 is 6.33. The predicted molar refractivity (Wildman–Crippen MR) is 149 cm³/mol. The van der Waals surface area contributed by atoms with Crippen molar-refractivity contribution in [2.75, 3.05) is 24.5 Å². The fourth-order valence-corrected chi connectivity index (χ4v) is 5.59. The number of carbonyl (C=O) groups excluding carboxylic acids is 2. The number of halogens is 1. The Balaban J connectivity index is 2.05. The molecule has 0 aliphatic carbocycles. The van der Waals surface area contributed by atoms with Crippen molar-refractivity contribution in [2.24, 2.45) is 0 Å². The minimum atomic E-state index is -4.15. The lowest BCUT2D eigenvalue weighted by Crippen LogP contribution is -2.51. The summed E-state index contributed by atoms with van der Waals surface area (Å²) < 4.78 is 33.9. The summed E-state index contributed by atoms with van der Waals surface area (Å²) in [5.41, 5.74) is 1.55. The number of hydrogen-bond acceptors (Lipinski definition) is 5. The van der Waals surface area contributed by atoms with Crippen LogP contribution in [0.2, 0.25) is 5.02 Å². The Morgan fingerprint density at radius 2 is 1.66 bits per heavy atom. The number of hydrogen-bond donors (Lipinski definition) is 1. The van der Waals surface area contributed by atoms with E-state index in [4.69, 9.17) is 16.3 Å². The lowest BCUT2D eigenvalue weighted by atomic mass is 10.1. The van der Waals surface area contributed by atoms with E-state index in [1.54, 1.807) is 88.5 Å². The van der Waals surface area contributed by atoms with E-state index in [0.717, 1.165) is 9.87 Å². The van der Waals surface area contributed by atoms with Gasteiger partial charge in [0.25, 0.3) is 10.0 Å². The lowest BCUT2D eigenvalue weighted by Gasteiger charge is -2.32. The highest BCUT2D eigenvalue weighted by Crippen LogP contribution is 2.31. The van der Waals surface area contributed by atoms with Gasteiger partial charge in [-0.25, -0.2) is 8.42 Å². The second kappa shape index (κ2) is 12.8. The van der Waals surface area contributed by atoms with Crippen LogP contribution in [0.25, 0.3) is 0 Å². The molecule has 8 nitrogen and oxygen atoms in total. The molecule has 1 atom stereocenters. The van der Waals surface area contributed by atoms with Crippen LogP contribution >= 0.6 is 11.6 Å². The molecule has 0 spiro atoms. The van der Waals surface area contributed by atoms with Crippen molar-refractivity contribution in [3.63, 3.8) is 0 Å². The number of anilines is 1. The number of nitrogens with zero attached hydrogens (tertiary/aromatic N) is 2. The molecule has 0 radical (unpaired) electrons. The van der Waals surface area contributed by atoms with Crippen molar-refractivity contribution in [1.82, 2.24) is 10.2 Å². The number of carbonyl (C=O) groups is 2. The quantitative estimate of drug-likeness (QED) is 0.377. The molecule has 3 aromatic rings. The van der Waals surface area contributed by atoms with Gasteiger partial charge in [-0.3, -0.25) is 13.9 Å². The number of nitrogens with one attached hydrogen (secondary N) is 1. The molecule has 202 valence electrons. The van der Waals surface area contributed by atoms with Gasteiger partial charge in [-0.15, -0.1) is 0 Å².